The third-order valence-electron chi connectivity index (χ3n) is 4.04. The second-order valence-corrected chi connectivity index (χ2v) is 5.29. The minimum absolute atomic E-state index is 0.159. The Hall–Kier alpha value is -2.29. The van der Waals surface area contributed by atoms with E-state index in [1.807, 2.05) is 12.1 Å². The summed E-state index contributed by atoms with van der Waals surface area (Å²) in [5, 5.41) is 0. The Morgan fingerprint density at radius 1 is 1.00 bits per heavy atom. The Kier molecular flexibility index (Phi) is 2.52. The van der Waals surface area contributed by atoms with Gasteiger partial charge in [-0.2, -0.15) is 0 Å². The highest BCUT2D eigenvalue weighted by molar-refractivity contribution is 5.79. The predicted octanol–water partition coefficient (Wildman–Crippen LogP) is 3.25. The molecule has 1 aliphatic carbocycles. The van der Waals surface area contributed by atoms with Crippen molar-refractivity contribution in [1.82, 2.24) is 4.90 Å². The summed E-state index contributed by atoms with van der Waals surface area (Å²) in [6.07, 6.45) is -0.188. The van der Waals surface area contributed by atoms with E-state index in [1.165, 1.54) is 22.3 Å². The molecule has 2 aliphatic rings. The maximum atomic E-state index is 11.7. The molecule has 0 unspecified atom stereocenters. The molecule has 0 radical (unpaired) electrons. The Labute approximate surface area is 117 Å². The summed E-state index contributed by atoms with van der Waals surface area (Å²) in [4.78, 5) is 13.4. The third-order valence-corrected chi connectivity index (χ3v) is 4.04. The molecule has 1 heterocycles. The van der Waals surface area contributed by atoms with Crippen molar-refractivity contribution in [2.75, 3.05) is 19.7 Å². The normalized spacial score (nSPS) is 15.7. The van der Waals surface area contributed by atoms with Crippen LogP contribution >= 0.6 is 0 Å². The molecule has 100 valence electrons. The monoisotopic (exact) mass is 265 g/mol. The van der Waals surface area contributed by atoms with Gasteiger partial charge in [-0.15, -0.1) is 0 Å². The molecule has 0 saturated carbocycles. The number of amides is 1. The summed E-state index contributed by atoms with van der Waals surface area (Å²) in [5.41, 5.74) is 5.03. The molecule has 0 N–H and O–H groups in total. The largest absolute Gasteiger partial charge is 0.448 e. The Morgan fingerprint density at radius 3 is 2.10 bits per heavy atom. The second-order valence-electron chi connectivity index (χ2n) is 5.29. The van der Waals surface area contributed by atoms with Gasteiger partial charge in [-0.1, -0.05) is 48.5 Å². The number of nitrogens with zero attached hydrogens (tertiary/aromatic N) is 1. The quantitative estimate of drug-likeness (QED) is 0.780. The molecule has 0 spiro atoms. The van der Waals surface area contributed by atoms with Gasteiger partial charge in [0.15, 0.2) is 0 Å². The molecule has 2 aromatic rings. The first-order valence-electron chi connectivity index (χ1n) is 6.94. The lowest BCUT2D eigenvalue weighted by Crippen LogP contribution is -2.17. The highest BCUT2D eigenvalue weighted by Crippen LogP contribution is 2.44. The second kappa shape index (κ2) is 4.37. The fourth-order valence-electron chi connectivity index (χ4n) is 2.92. The van der Waals surface area contributed by atoms with Crippen LogP contribution in [0.25, 0.3) is 11.1 Å². The molecule has 3 nitrogen and oxygen atoms in total. The van der Waals surface area contributed by atoms with Crippen LogP contribution < -0.4 is 0 Å². The lowest BCUT2D eigenvalue weighted by Gasteiger charge is -2.14. The van der Waals surface area contributed by atoms with E-state index in [0.29, 0.717) is 6.61 Å². The maximum Gasteiger partial charge on any atom is 0.409 e. The van der Waals surface area contributed by atoms with Crippen molar-refractivity contribution in [3.05, 3.63) is 59.7 Å². The zero-order valence-corrected chi connectivity index (χ0v) is 11.1. The first-order chi connectivity index (χ1) is 9.84. The van der Waals surface area contributed by atoms with Crippen LogP contribution in [0.4, 0.5) is 4.79 Å². The predicted molar refractivity (Wildman–Crippen MR) is 76.6 cm³/mol. The van der Waals surface area contributed by atoms with Gasteiger partial charge in [0, 0.05) is 19.0 Å². The van der Waals surface area contributed by atoms with E-state index < -0.39 is 0 Å². The van der Waals surface area contributed by atoms with Gasteiger partial charge in [0.1, 0.15) is 6.61 Å². The molecule has 4 rings (SSSR count). The SMILES string of the molecule is O=C(OCC1c2ccccc2-c2ccccc21)N1CC1. The smallest absolute Gasteiger partial charge is 0.409 e. The number of carbonyl (C=O) groups excluding carboxylic acids is 1. The molecule has 0 atom stereocenters. The van der Waals surface area contributed by atoms with Crippen molar-refractivity contribution in [2.45, 2.75) is 5.92 Å². The van der Waals surface area contributed by atoms with Crippen molar-refractivity contribution in [3.63, 3.8) is 0 Å². The van der Waals surface area contributed by atoms with Crippen LogP contribution in [0.15, 0.2) is 48.5 Å². The number of benzene rings is 2. The Morgan fingerprint density at radius 2 is 1.55 bits per heavy atom. The van der Waals surface area contributed by atoms with Crippen LogP contribution in [0.3, 0.4) is 0 Å². The van der Waals surface area contributed by atoms with Crippen LogP contribution in [0, 0.1) is 0 Å². The number of rotatable bonds is 2. The van der Waals surface area contributed by atoms with Gasteiger partial charge in [-0.3, -0.25) is 0 Å². The minimum Gasteiger partial charge on any atom is -0.448 e. The van der Waals surface area contributed by atoms with Crippen molar-refractivity contribution in [2.24, 2.45) is 0 Å². The number of hydrogen-bond acceptors (Lipinski definition) is 2. The highest BCUT2D eigenvalue weighted by Gasteiger charge is 2.31. The van der Waals surface area contributed by atoms with Crippen LogP contribution in [-0.4, -0.2) is 30.7 Å². The Balaban J connectivity index is 1.66. The van der Waals surface area contributed by atoms with Crippen LogP contribution in [0.2, 0.25) is 0 Å². The number of hydrogen-bond donors (Lipinski definition) is 0. The van der Waals surface area contributed by atoms with Gasteiger partial charge < -0.3 is 9.64 Å². The third kappa shape index (κ3) is 1.78. The molecular weight excluding hydrogens is 250 g/mol. The van der Waals surface area contributed by atoms with Gasteiger partial charge >= 0.3 is 6.09 Å². The summed E-state index contributed by atoms with van der Waals surface area (Å²) in [6, 6.07) is 16.7. The number of carbonyl (C=O) groups is 1. The van der Waals surface area contributed by atoms with Gasteiger partial charge in [0.25, 0.3) is 0 Å². The fourth-order valence-corrected chi connectivity index (χ4v) is 2.92. The zero-order valence-electron chi connectivity index (χ0n) is 11.1. The molecule has 2 aromatic carbocycles. The van der Waals surface area contributed by atoms with Crippen molar-refractivity contribution in [1.29, 1.82) is 0 Å². The molecule has 1 saturated heterocycles. The van der Waals surface area contributed by atoms with Gasteiger partial charge in [0.05, 0.1) is 0 Å². The van der Waals surface area contributed by atoms with E-state index in [9.17, 15) is 4.79 Å². The summed E-state index contributed by atoms with van der Waals surface area (Å²) in [5.74, 6) is 0.159. The van der Waals surface area contributed by atoms with Crippen molar-refractivity contribution >= 4 is 6.09 Å². The van der Waals surface area contributed by atoms with E-state index in [4.69, 9.17) is 4.74 Å². The molecule has 1 aliphatic heterocycles. The van der Waals surface area contributed by atoms with Gasteiger partial charge in [-0.05, 0) is 22.3 Å². The molecule has 20 heavy (non-hydrogen) atoms. The van der Waals surface area contributed by atoms with E-state index in [2.05, 4.69) is 36.4 Å². The molecule has 1 fully saturated rings. The zero-order chi connectivity index (χ0) is 13.5. The first kappa shape index (κ1) is 11.5. The van der Waals surface area contributed by atoms with Crippen molar-refractivity contribution < 1.29 is 9.53 Å². The number of fused-ring (bicyclic) bond motifs is 3. The minimum atomic E-state index is -0.188. The average molecular weight is 265 g/mol. The first-order valence-corrected chi connectivity index (χ1v) is 6.94. The van der Waals surface area contributed by atoms with Crippen LogP contribution in [0.5, 0.6) is 0 Å². The summed E-state index contributed by atoms with van der Waals surface area (Å²) in [6.45, 7) is 2.08. The van der Waals surface area contributed by atoms with Crippen LogP contribution in [-0.2, 0) is 4.74 Å². The fraction of sp³-hybridized carbons (Fsp3) is 0.235. The number of ether oxygens (including phenoxy) is 1. The molecule has 1 amide bonds. The van der Waals surface area contributed by atoms with E-state index in [1.54, 1.807) is 4.90 Å². The molecule has 0 aromatic heterocycles. The maximum absolute atomic E-state index is 11.7. The molecular formula is C17H15NO2. The van der Waals surface area contributed by atoms with E-state index >= 15 is 0 Å². The summed E-state index contributed by atoms with van der Waals surface area (Å²) in [7, 11) is 0. The van der Waals surface area contributed by atoms with Gasteiger partial charge in [0.2, 0.25) is 0 Å². The molecule has 3 heteroatoms. The Bertz CT molecular complexity index is 631. The average Bonchev–Trinajstić information content (AvgIpc) is 3.29. The summed E-state index contributed by atoms with van der Waals surface area (Å²) < 4.78 is 5.45. The topological polar surface area (TPSA) is 29.3 Å². The standard InChI is InChI=1S/C17H15NO2/c19-17(18-9-10-18)20-11-16-14-7-3-1-5-12(14)13-6-2-4-8-15(13)16/h1-8,16H,9-11H2. The van der Waals surface area contributed by atoms with E-state index in [0.717, 1.165) is 13.1 Å². The lowest BCUT2D eigenvalue weighted by atomic mass is 9.98. The van der Waals surface area contributed by atoms with Gasteiger partial charge in [-0.25, -0.2) is 4.79 Å². The highest BCUT2D eigenvalue weighted by atomic mass is 16.6. The lowest BCUT2D eigenvalue weighted by molar-refractivity contribution is 0.128. The van der Waals surface area contributed by atoms with Crippen molar-refractivity contribution in [3.8, 4) is 11.1 Å². The summed E-state index contributed by atoms with van der Waals surface area (Å²) >= 11 is 0. The van der Waals surface area contributed by atoms with E-state index in [-0.39, 0.29) is 12.0 Å². The van der Waals surface area contributed by atoms with Crippen LogP contribution in [0.1, 0.15) is 17.0 Å². The molecule has 0 bridgehead atoms.